The summed E-state index contributed by atoms with van der Waals surface area (Å²) in [5, 5.41) is 0. The van der Waals surface area contributed by atoms with E-state index in [1.54, 1.807) is 0 Å². The Labute approximate surface area is 97.1 Å². The molecule has 0 N–H and O–H groups in total. The SMILES string of the molecule is C[C@H]1C[C@H]2CN(C(=O)CC3CC3)CC[C@H]2O1. The number of carbonyl (C=O) groups excluding carboxylic acids is 1. The molecule has 0 aromatic carbocycles. The van der Waals surface area contributed by atoms with Gasteiger partial charge in [0.2, 0.25) is 5.91 Å². The van der Waals surface area contributed by atoms with Crippen LogP contribution in [0.5, 0.6) is 0 Å². The second-order valence-electron chi connectivity index (χ2n) is 5.76. The van der Waals surface area contributed by atoms with Crippen molar-refractivity contribution in [1.29, 1.82) is 0 Å². The Morgan fingerprint density at radius 1 is 1.38 bits per heavy atom. The van der Waals surface area contributed by atoms with E-state index in [2.05, 4.69) is 11.8 Å². The van der Waals surface area contributed by atoms with Crippen molar-refractivity contribution in [2.75, 3.05) is 13.1 Å². The molecule has 0 unspecified atom stereocenters. The second kappa shape index (κ2) is 4.02. The van der Waals surface area contributed by atoms with Crippen LogP contribution in [0, 0.1) is 11.8 Å². The Bertz CT molecular complexity index is 288. The van der Waals surface area contributed by atoms with Crippen LogP contribution in [-0.4, -0.2) is 36.1 Å². The molecule has 2 saturated heterocycles. The standard InChI is InChI=1S/C13H21NO2/c1-9-6-11-8-14(5-4-12(11)16-9)13(15)7-10-2-3-10/h9-12H,2-8H2,1H3/t9-,11-,12+/m0/s1. The summed E-state index contributed by atoms with van der Waals surface area (Å²) in [5.74, 6) is 1.70. The molecule has 0 bridgehead atoms. The molecular weight excluding hydrogens is 202 g/mol. The van der Waals surface area contributed by atoms with Crippen molar-refractivity contribution in [1.82, 2.24) is 4.90 Å². The van der Waals surface area contributed by atoms with E-state index >= 15 is 0 Å². The van der Waals surface area contributed by atoms with Gasteiger partial charge in [-0.1, -0.05) is 0 Å². The fourth-order valence-corrected chi connectivity index (χ4v) is 3.12. The zero-order valence-corrected chi connectivity index (χ0v) is 10.0. The lowest BCUT2D eigenvalue weighted by Gasteiger charge is -2.34. The van der Waals surface area contributed by atoms with Crippen molar-refractivity contribution in [3.05, 3.63) is 0 Å². The van der Waals surface area contributed by atoms with Crippen LogP contribution in [0.4, 0.5) is 0 Å². The average molecular weight is 223 g/mol. The number of hydrogen-bond acceptors (Lipinski definition) is 2. The molecule has 1 saturated carbocycles. The van der Waals surface area contributed by atoms with Gasteiger partial charge in [-0.15, -0.1) is 0 Å². The molecule has 90 valence electrons. The third-order valence-electron chi connectivity index (χ3n) is 4.22. The Morgan fingerprint density at radius 3 is 2.94 bits per heavy atom. The Morgan fingerprint density at radius 2 is 2.19 bits per heavy atom. The van der Waals surface area contributed by atoms with Gasteiger partial charge >= 0.3 is 0 Å². The number of hydrogen-bond donors (Lipinski definition) is 0. The first kappa shape index (κ1) is 10.6. The number of nitrogens with zero attached hydrogens (tertiary/aromatic N) is 1. The summed E-state index contributed by atoms with van der Waals surface area (Å²) in [4.78, 5) is 14.1. The lowest BCUT2D eigenvalue weighted by Crippen LogP contribution is -2.44. The van der Waals surface area contributed by atoms with Crippen LogP contribution < -0.4 is 0 Å². The maximum absolute atomic E-state index is 12.0. The first-order valence-electron chi connectivity index (χ1n) is 6.65. The van der Waals surface area contributed by atoms with Crippen LogP contribution in [-0.2, 0) is 9.53 Å². The molecule has 3 heteroatoms. The van der Waals surface area contributed by atoms with Gasteiger partial charge in [0, 0.05) is 25.4 Å². The van der Waals surface area contributed by atoms with Crippen LogP contribution in [0.3, 0.4) is 0 Å². The molecule has 2 heterocycles. The second-order valence-corrected chi connectivity index (χ2v) is 5.76. The topological polar surface area (TPSA) is 29.5 Å². The molecule has 3 rings (SSSR count). The molecule has 16 heavy (non-hydrogen) atoms. The number of fused-ring (bicyclic) bond motifs is 1. The Hall–Kier alpha value is -0.570. The van der Waals surface area contributed by atoms with Gasteiger partial charge in [-0.2, -0.15) is 0 Å². The van der Waals surface area contributed by atoms with E-state index in [4.69, 9.17) is 4.74 Å². The van der Waals surface area contributed by atoms with Crippen LogP contribution in [0.15, 0.2) is 0 Å². The van der Waals surface area contributed by atoms with Crippen molar-refractivity contribution in [3.8, 4) is 0 Å². The van der Waals surface area contributed by atoms with Crippen molar-refractivity contribution >= 4 is 5.91 Å². The predicted octanol–water partition coefficient (Wildman–Crippen LogP) is 1.81. The monoisotopic (exact) mass is 223 g/mol. The zero-order chi connectivity index (χ0) is 11.1. The molecule has 1 aliphatic carbocycles. The summed E-state index contributed by atoms with van der Waals surface area (Å²) in [5.41, 5.74) is 0. The van der Waals surface area contributed by atoms with Gasteiger partial charge in [0.25, 0.3) is 0 Å². The highest BCUT2D eigenvalue weighted by Gasteiger charge is 2.39. The molecular formula is C13H21NO2. The summed E-state index contributed by atoms with van der Waals surface area (Å²) in [6, 6.07) is 0. The van der Waals surface area contributed by atoms with Crippen LogP contribution >= 0.6 is 0 Å². The maximum Gasteiger partial charge on any atom is 0.222 e. The third kappa shape index (κ3) is 2.10. The highest BCUT2D eigenvalue weighted by atomic mass is 16.5. The van der Waals surface area contributed by atoms with Gasteiger partial charge in [0.15, 0.2) is 0 Å². The number of piperidine rings is 1. The number of carbonyl (C=O) groups is 1. The van der Waals surface area contributed by atoms with Gasteiger partial charge < -0.3 is 9.64 Å². The van der Waals surface area contributed by atoms with E-state index in [1.165, 1.54) is 12.8 Å². The lowest BCUT2D eigenvalue weighted by atomic mass is 9.93. The number of ether oxygens (including phenoxy) is 1. The highest BCUT2D eigenvalue weighted by molar-refractivity contribution is 5.76. The fraction of sp³-hybridized carbons (Fsp3) is 0.923. The summed E-state index contributed by atoms with van der Waals surface area (Å²) >= 11 is 0. The molecule has 3 aliphatic rings. The predicted molar refractivity (Wildman–Crippen MR) is 61.0 cm³/mol. The molecule has 0 aromatic heterocycles. The zero-order valence-electron chi connectivity index (χ0n) is 10.0. The summed E-state index contributed by atoms with van der Waals surface area (Å²) in [7, 11) is 0. The average Bonchev–Trinajstić information content (AvgIpc) is 2.96. The van der Waals surface area contributed by atoms with Gasteiger partial charge in [-0.25, -0.2) is 0 Å². The largest absolute Gasteiger partial charge is 0.375 e. The minimum Gasteiger partial charge on any atom is -0.375 e. The van der Waals surface area contributed by atoms with Crippen LogP contribution in [0.25, 0.3) is 0 Å². The van der Waals surface area contributed by atoms with Crippen molar-refractivity contribution < 1.29 is 9.53 Å². The van der Waals surface area contributed by atoms with Gasteiger partial charge in [-0.05, 0) is 38.5 Å². The normalized spacial score (nSPS) is 38.6. The van der Waals surface area contributed by atoms with Crippen molar-refractivity contribution in [2.45, 2.75) is 51.2 Å². The molecule has 0 spiro atoms. The minimum absolute atomic E-state index is 0.389. The van der Waals surface area contributed by atoms with Crippen molar-refractivity contribution in [2.24, 2.45) is 11.8 Å². The quantitative estimate of drug-likeness (QED) is 0.714. The van der Waals surface area contributed by atoms with Crippen molar-refractivity contribution in [3.63, 3.8) is 0 Å². The molecule has 1 amide bonds. The molecule has 0 aromatic rings. The molecule has 3 atom stereocenters. The van der Waals surface area contributed by atoms with E-state index in [-0.39, 0.29) is 0 Å². The van der Waals surface area contributed by atoms with E-state index < -0.39 is 0 Å². The van der Waals surface area contributed by atoms with Gasteiger partial charge in [0.05, 0.1) is 12.2 Å². The maximum atomic E-state index is 12.0. The minimum atomic E-state index is 0.389. The molecule has 3 nitrogen and oxygen atoms in total. The van der Waals surface area contributed by atoms with E-state index in [1.807, 2.05) is 0 Å². The van der Waals surface area contributed by atoms with Crippen LogP contribution in [0.2, 0.25) is 0 Å². The first-order chi connectivity index (χ1) is 7.72. The van der Waals surface area contributed by atoms with Gasteiger partial charge in [0.1, 0.15) is 0 Å². The van der Waals surface area contributed by atoms with E-state index in [0.29, 0.717) is 30.0 Å². The summed E-state index contributed by atoms with van der Waals surface area (Å²) < 4.78 is 5.85. The Kier molecular flexibility index (Phi) is 2.66. The number of likely N-dealkylation sites (tertiary alicyclic amines) is 1. The molecule has 3 fully saturated rings. The number of amides is 1. The fourth-order valence-electron chi connectivity index (χ4n) is 3.12. The smallest absolute Gasteiger partial charge is 0.222 e. The molecule has 2 aliphatic heterocycles. The number of rotatable bonds is 2. The van der Waals surface area contributed by atoms with Gasteiger partial charge in [-0.3, -0.25) is 4.79 Å². The van der Waals surface area contributed by atoms with E-state index in [0.717, 1.165) is 32.4 Å². The lowest BCUT2D eigenvalue weighted by molar-refractivity contribution is -0.134. The van der Waals surface area contributed by atoms with E-state index in [9.17, 15) is 4.79 Å². The highest BCUT2D eigenvalue weighted by Crippen LogP contribution is 2.35. The summed E-state index contributed by atoms with van der Waals surface area (Å²) in [6.45, 7) is 4.01. The third-order valence-corrected chi connectivity index (χ3v) is 4.22. The summed E-state index contributed by atoms with van der Waals surface area (Å²) in [6.07, 6.45) is 6.35. The van der Waals surface area contributed by atoms with Crippen LogP contribution in [0.1, 0.15) is 39.0 Å². The Balaban J connectivity index is 1.55. The first-order valence-corrected chi connectivity index (χ1v) is 6.65. The molecule has 0 radical (unpaired) electrons.